The smallest absolute Gasteiger partial charge is 0.317 e. The molecule has 1 aliphatic heterocycles. The molecular weight excluding hydrogens is 460 g/mol. The van der Waals surface area contributed by atoms with Crippen molar-refractivity contribution >= 4 is 43.9 Å². The van der Waals surface area contributed by atoms with Gasteiger partial charge in [0.25, 0.3) is 0 Å². The van der Waals surface area contributed by atoms with E-state index in [-0.39, 0.29) is 29.3 Å². The van der Waals surface area contributed by atoms with E-state index >= 15 is 0 Å². The van der Waals surface area contributed by atoms with Crippen LogP contribution in [0.25, 0.3) is 10.8 Å². The standard InChI is InChI=1S/C24H27ClN4O3S/c1-28(21-8-13-29(14-9-21)22-6-10-26-11-7-22)24(30)27-12-15-33(31,32)23-5-3-18-16-20(25)4-2-19(18)17-23/h2-7,10-11,16-17,21H,8-9,12-15H2,1H3,(H,27,30). The molecule has 174 valence electrons. The molecule has 2 aromatic carbocycles. The van der Waals surface area contributed by atoms with Crippen LogP contribution in [-0.4, -0.2) is 62.8 Å². The Morgan fingerprint density at radius 1 is 1.09 bits per heavy atom. The first-order valence-electron chi connectivity index (χ1n) is 10.9. The molecule has 7 nitrogen and oxygen atoms in total. The van der Waals surface area contributed by atoms with Gasteiger partial charge >= 0.3 is 6.03 Å². The van der Waals surface area contributed by atoms with Crippen LogP contribution in [0.1, 0.15) is 12.8 Å². The number of piperidine rings is 1. The number of rotatable bonds is 6. The maximum Gasteiger partial charge on any atom is 0.317 e. The number of nitrogens with zero attached hydrogens (tertiary/aromatic N) is 3. The van der Waals surface area contributed by atoms with Crippen molar-refractivity contribution in [2.75, 3.05) is 37.3 Å². The third kappa shape index (κ3) is 5.57. The molecule has 1 aliphatic rings. The van der Waals surface area contributed by atoms with Crippen molar-refractivity contribution in [1.29, 1.82) is 0 Å². The van der Waals surface area contributed by atoms with E-state index in [9.17, 15) is 13.2 Å². The predicted molar refractivity (Wildman–Crippen MR) is 132 cm³/mol. The van der Waals surface area contributed by atoms with Gasteiger partial charge in [-0.25, -0.2) is 13.2 Å². The van der Waals surface area contributed by atoms with Gasteiger partial charge in [-0.1, -0.05) is 23.7 Å². The summed E-state index contributed by atoms with van der Waals surface area (Å²) in [6, 6.07) is 14.1. The molecule has 0 atom stereocenters. The Kier molecular flexibility index (Phi) is 7.05. The molecule has 1 N–H and O–H groups in total. The zero-order valence-corrected chi connectivity index (χ0v) is 20.0. The average Bonchev–Trinajstić information content (AvgIpc) is 2.83. The lowest BCUT2D eigenvalue weighted by molar-refractivity contribution is 0.180. The van der Waals surface area contributed by atoms with Crippen LogP contribution in [-0.2, 0) is 9.84 Å². The van der Waals surface area contributed by atoms with Gasteiger partial charge in [-0.3, -0.25) is 4.98 Å². The van der Waals surface area contributed by atoms with Gasteiger partial charge in [-0.2, -0.15) is 0 Å². The fraction of sp³-hybridized carbons (Fsp3) is 0.333. The Labute approximate surface area is 199 Å². The number of urea groups is 1. The summed E-state index contributed by atoms with van der Waals surface area (Å²) in [5.74, 6) is -0.161. The van der Waals surface area contributed by atoms with Crippen molar-refractivity contribution in [1.82, 2.24) is 15.2 Å². The highest BCUT2D eigenvalue weighted by Gasteiger charge is 2.26. The Morgan fingerprint density at radius 3 is 2.48 bits per heavy atom. The summed E-state index contributed by atoms with van der Waals surface area (Å²) in [6.45, 7) is 1.77. The van der Waals surface area contributed by atoms with E-state index in [1.807, 2.05) is 12.1 Å². The molecule has 9 heteroatoms. The number of halogens is 1. The molecule has 0 saturated carbocycles. The number of nitrogens with one attached hydrogen (secondary N) is 1. The number of carbonyl (C=O) groups excluding carboxylic acids is 1. The number of amides is 2. The fourth-order valence-corrected chi connectivity index (χ4v) is 5.52. The van der Waals surface area contributed by atoms with Gasteiger partial charge < -0.3 is 15.1 Å². The van der Waals surface area contributed by atoms with E-state index in [1.54, 1.807) is 60.7 Å². The van der Waals surface area contributed by atoms with Crippen molar-refractivity contribution < 1.29 is 13.2 Å². The largest absolute Gasteiger partial charge is 0.371 e. The quantitative estimate of drug-likeness (QED) is 0.570. The highest BCUT2D eigenvalue weighted by molar-refractivity contribution is 7.91. The molecule has 1 fully saturated rings. The van der Waals surface area contributed by atoms with Crippen LogP contribution in [0.4, 0.5) is 10.5 Å². The van der Waals surface area contributed by atoms with Crippen LogP contribution in [0.5, 0.6) is 0 Å². The maximum absolute atomic E-state index is 12.8. The number of sulfone groups is 1. The summed E-state index contributed by atoms with van der Waals surface area (Å²) in [5.41, 5.74) is 1.14. The molecule has 1 aromatic heterocycles. The van der Waals surface area contributed by atoms with Gasteiger partial charge in [-0.15, -0.1) is 0 Å². The minimum absolute atomic E-state index is 0.0556. The summed E-state index contributed by atoms with van der Waals surface area (Å²) >= 11 is 6.00. The first-order valence-corrected chi connectivity index (χ1v) is 12.9. The average molecular weight is 487 g/mol. The van der Waals surface area contributed by atoms with Crippen molar-refractivity contribution in [3.8, 4) is 0 Å². The minimum atomic E-state index is -3.52. The third-order valence-corrected chi connectivity index (χ3v) is 8.09. The van der Waals surface area contributed by atoms with Gasteiger partial charge in [0.05, 0.1) is 10.6 Å². The molecule has 0 bridgehead atoms. The van der Waals surface area contributed by atoms with E-state index in [0.717, 1.165) is 42.4 Å². The molecular formula is C24H27ClN4O3S. The van der Waals surface area contributed by atoms with Crippen LogP contribution in [0.15, 0.2) is 65.8 Å². The van der Waals surface area contributed by atoms with E-state index in [1.165, 1.54) is 0 Å². The van der Waals surface area contributed by atoms with Crippen molar-refractivity contribution in [2.45, 2.75) is 23.8 Å². The first kappa shape index (κ1) is 23.3. The second-order valence-electron chi connectivity index (χ2n) is 8.24. The summed E-state index contributed by atoms with van der Waals surface area (Å²) in [7, 11) is -1.76. The third-order valence-electron chi connectivity index (χ3n) is 6.14. The lowest BCUT2D eigenvalue weighted by Crippen LogP contribution is -2.49. The molecule has 4 rings (SSSR count). The number of fused-ring (bicyclic) bond motifs is 1. The molecule has 0 spiro atoms. The molecule has 2 heterocycles. The fourth-order valence-electron chi connectivity index (χ4n) is 4.16. The van der Waals surface area contributed by atoms with Gasteiger partial charge in [0.1, 0.15) is 0 Å². The number of anilines is 1. The molecule has 1 saturated heterocycles. The topological polar surface area (TPSA) is 82.6 Å². The van der Waals surface area contributed by atoms with Gasteiger partial charge in [-0.05, 0) is 60.0 Å². The summed E-state index contributed by atoms with van der Waals surface area (Å²) < 4.78 is 25.5. The number of benzene rings is 2. The van der Waals surface area contributed by atoms with E-state index in [2.05, 4.69) is 15.2 Å². The van der Waals surface area contributed by atoms with E-state index in [0.29, 0.717) is 5.02 Å². The van der Waals surface area contributed by atoms with Crippen LogP contribution in [0.3, 0.4) is 0 Å². The second kappa shape index (κ2) is 9.97. The first-order chi connectivity index (χ1) is 15.8. The predicted octanol–water partition coefficient (Wildman–Crippen LogP) is 3.97. The summed E-state index contributed by atoms with van der Waals surface area (Å²) in [5, 5.41) is 5.05. The Hall–Kier alpha value is -2.84. The monoisotopic (exact) mass is 486 g/mol. The molecule has 3 aromatic rings. The number of pyridine rings is 1. The maximum atomic E-state index is 12.8. The second-order valence-corrected chi connectivity index (χ2v) is 10.8. The molecule has 33 heavy (non-hydrogen) atoms. The summed E-state index contributed by atoms with van der Waals surface area (Å²) in [4.78, 5) is 20.9. The number of carbonyl (C=O) groups is 1. The van der Waals surface area contributed by atoms with Crippen molar-refractivity contribution in [3.63, 3.8) is 0 Å². The zero-order valence-electron chi connectivity index (χ0n) is 18.4. The lowest BCUT2D eigenvalue weighted by atomic mass is 10.0. The Balaban J connectivity index is 1.28. The normalized spacial score (nSPS) is 14.9. The van der Waals surface area contributed by atoms with E-state index in [4.69, 9.17) is 11.6 Å². The molecule has 2 amide bonds. The van der Waals surface area contributed by atoms with Gasteiger partial charge in [0.15, 0.2) is 9.84 Å². The lowest BCUT2D eigenvalue weighted by Gasteiger charge is -2.37. The van der Waals surface area contributed by atoms with E-state index < -0.39 is 9.84 Å². The molecule has 0 aliphatic carbocycles. The van der Waals surface area contributed by atoms with Crippen LogP contribution < -0.4 is 10.2 Å². The molecule has 0 unspecified atom stereocenters. The van der Waals surface area contributed by atoms with Crippen LogP contribution in [0, 0.1) is 0 Å². The molecule has 0 radical (unpaired) electrons. The van der Waals surface area contributed by atoms with Crippen LogP contribution >= 0.6 is 11.6 Å². The van der Waals surface area contributed by atoms with Gasteiger partial charge in [0, 0.05) is 55.8 Å². The summed E-state index contributed by atoms with van der Waals surface area (Å²) in [6.07, 6.45) is 5.27. The highest BCUT2D eigenvalue weighted by atomic mass is 35.5. The number of hydrogen-bond acceptors (Lipinski definition) is 5. The Morgan fingerprint density at radius 2 is 1.76 bits per heavy atom. The number of aromatic nitrogens is 1. The minimum Gasteiger partial charge on any atom is -0.371 e. The zero-order chi connectivity index (χ0) is 23.4. The van der Waals surface area contributed by atoms with Crippen LogP contribution in [0.2, 0.25) is 5.02 Å². The van der Waals surface area contributed by atoms with Crippen molar-refractivity contribution in [3.05, 3.63) is 65.9 Å². The Bertz CT molecular complexity index is 1230. The number of hydrogen-bond donors (Lipinski definition) is 1. The highest BCUT2D eigenvalue weighted by Crippen LogP contribution is 2.24. The SMILES string of the molecule is CN(C(=O)NCCS(=O)(=O)c1ccc2cc(Cl)ccc2c1)C1CCN(c2ccncc2)CC1. The van der Waals surface area contributed by atoms with Gasteiger partial charge in [0.2, 0.25) is 0 Å². The van der Waals surface area contributed by atoms with Crippen molar-refractivity contribution in [2.24, 2.45) is 0 Å².